The Labute approximate surface area is 188 Å². The van der Waals surface area contributed by atoms with Crippen LogP contribution in [0.25, 0.3) is 11.0 Å². The minimum Gasteiger partial charge on any atom is -0.497 e. The topological polar surface area (TPSA) is 56.5 Å². The van der Waals surface area contributed by atoms with Gasteiger partial charge in [-0.05, 0) is 68.2 Å². The van der Waals surface area contributed by atoms with Gasteiger partial charge in [0.15, 0.2) is 0 Å². The smallest absolute Gasteiger partial charge is 0.328 e. The largest absolute Gasteiger partial charge is 0.497 e. The van der Waals surface area contributed by atoms with E-state index in [-0.39, 0.29) is 17.5 Å². The van der Waals surface area contributed by atoms with Crippen molar-refractivity contribution in [3.63, 3.8) is 0 Å². The zero-order valence-electron chi connectivity index (χ0n) is 18.9. The fourth-order valence-corrected chi connectivity index (χ4v) is 5.53. The minimum atomic E-state index is 0.0105. The summed E-state index contributed by atoms with van der Waals surface area (Å²) in [5.41, 5.74) is 4.23. The summed E-state index contributed by atoms with van der Waals surface area (Å²) < 4.78 is 8.96. The molecule has 0 unspecified atom stereocenters. The number of anilines is 1. The zero-order chi connectivity index (χ0) is 22.2. The number of carbonyl (C=O) groups excluding carboxylic acids is 1. The first-order chi connectivity index (χ1) is 15.6. The van der Waals surface area contributed by atoms with Crippen molar-refractivity contribution in [3.05, 3.63) is 58.5 Å². The van der Waals surface area contributed by atoms with Crippen LogP contribution in [-0.2, 0) is 24.8 Å². The normalized spacial score (nSPS) is 20.9. The van der Waals surface area contributed by atoms with E-state index in [2.05, 4.69) is 18.2 Å². The van der Waals surface area contributed by atoms with E-state index >= 15 is 0 Å². The highest BCUT2D eigenvalue weighted by Gasteiger charge is 2.32. The van der Waals surface area contributed by atoms with Gasteiger partial charge in [0, 0.05) is 37.8 Å². The molecule has 0 spiro atoms. The van der Waals surface area contributed by atoms with Crippen LogP contribution in [0.15, 0.2) is 47.3 Å². The van der Waals surface area contributed by atoms with Gasteiger partial charge in [-0.15, -0.1) is 0 Å². The number of benzene rings is 2. The highest BCUT2D eigenvalue weighted by atomic mass is 16.5. The number of para-hydroxylation sites is 1. The molecule has 1 saturated carbocycles. The molecule has 0 saturated heterocycles. The minimum absolute atomic E-state index is 0.0105. The fraction of sp³-hybridized carbons (Fsp3) is 0.462. The predicted octanol–water partition coefficient (Wildman–Crippen LogP) is 4.13. The van der Waals surface area contributed by atoms with E-state index < -0.39 is 0 Å². The van der Waals surface area contributed by atoms with Gasteiger partial charge >= 0.3 is 5.69 Å². The van der Waals surface area contributed by atoms with E-state index in [1.165, 1.54) is 5.56 Å². The first-order valence-electron chi connectivity index (χ1n) is 11.7. The van der Waals surface area contributed by atoms with Crippen LogP contribution in [0.1, 0.15) is 37.7 Å². The van der Waals surface area contributed by atoms with Crippen LogP contribution in [0.5, 0.6) is 5.75 Å². The maximum atomic E-state index is 13.3. The van der Waals surface area contributed by atoms with E-state index in [1.54, 1.807) is 11.7 Å². The van der Waals surface area contributed by atoms with E-state index in [0.717, 1.165) is 67.5 Å². The first kappa shape index (κ1) is 20.9. The van der Waals surface area contributed by atoms with Crippen LogP contribution >= 0.6 is 0 Å². The number of ether oxygens (including phenoxy) is 1. The molecule has 32 heavy (non-hydrogen) atoms. The number of aromatic nitrogens is 2. The molecule has 2 heterocycles. The summed E-state index contributed by atoms with van der Waals surface area (Å²) in [6, 6.07) is 14.1. The molecule has 168 valence electrons. The van der Waals surface area contributed by atoms with Gasteiger partial charge in [-0.3, -0.25) is 13.9 Å². The lowest BCUT2D eigenvalue weighted by atomic mass is 9.81. The average molecular weight is 434 g/mol. The third-order valence-electron chi connectivity index (χ3n) is 7.37. The molecule has 0 N–H and O–H groups in total. The van der Waals surface area contributed by atoms with Crippen molar-refractivity contribution in [1.29, 1.82) is 0 Å². The second-order valence-corrected chi connectivity index (χ2v) is 9.25. The molecule has 0 radical (unpaired) electrons. The quantitative estimate of drug-likeness (QED) is 0.622. The van der Waals surface area contributed by atoms with Crippen molar-refractivity contribution in [3.8, 4) is 5.75 Å². The van der Waals surface area contributed by atoms with Crippen LogP contribution in [0.2, 0.25) is 0 Å². The standard InChI is InChI=1S/C26H31N3O3/c1-27-23-14-13-21(32-2)16-24(23)29(26(27)31)17-18-9-11-20(12-10-18)25(30)28-15-5-7-19-6-3-4-8-22(19)28/h3-4,6,8,13-14,16,18,20H,5,7,9-12,15,17H2,1-2H3. The molecule has 1 aliphatic heterocycles. The maximum absolute atomic E-state index is 13.3. The van der Waals surface area contributed by atoms with Crippen LogP contribution in [-0.4, -0.2) is 28.7 Å². The molecule has 5 rings (SSSR count). The highest BCUT2D eigenvalue weighted by Crippen LogP contribution is 2.35. The Morgan fingerprint density at radius 1 is 1.06 bits per heavy atom. The Balaban J connectivity index is 1.29. The second kappa shape index (κ2) is 8.49. The third-order valence-corrected chi connectivity index (χ3v) is 7.37. The molecule has 1 aromatic heterocycles. The van der Waals surface area contributed by atoms with Crippen molar-refractivity contribution < 1.29 is 9.53 Å². The molecule has 6 nitrogen and oxygen atoms in total. The number of aryl methyl sites for hydroxylation is 2. The summed E-state index contributed by atoms with van der Waals surface area (Å²) in [6.07, 6.45) is 5.82. The van der Waals surface area contributed by atoms with Crippen molar-refractivity contribution in [2.45, 2.75) is 45.1 Å². The van der Waals surface area contributed by atoms with Gasteiger partial charge in [-0.1, -0.05) is 18.2 Å². The molecule has 6 heteroatoms. The van der Waals surface area contributed by atoms with Crippen molar-refractivity contribution in [1.82, 2.24) is 9.13 Å². The number of rotatable bonds is 4. The lowest BCUT2D eigenvalue weighted by Crippen LogP contribution is -2.41. The molecule has 1 amide bonds. The predicted molar refractivity (Wildman–Crippen MR) is 126 cm³/mol. The fourth-order valence-electron chi connectivity index (χ4n) is 5.53. The average Bonchev–Trinajstić information content (AvgIpc) is 3.08. The SMILES string of the molecule is COc1ccc2c(c1)n(CC1CCC(C(=O)N3CCCc4ccccc43)CC1)c(=O)n2C. The lowest BCUT2D eigenvalue weighted by Gasteiger charge is -2.35. The van der Waals surface area contributed by atoms with Gasteiger partial charge in [0.25, 0.3) is 0 Å². The lowest BCUT2D eigenvalue weighted by molar-refractivity contribution is -0.123. The summed E-state index contributed by atoms with van der Waals surface area (Å²) in [5.74, 6) is 1.53. The molecule has 2 aliphatic rings. The number of amides is 1. The summed E-state index contributed by atoms with van der Waals surface area (Å²) in [4.78, 5) is 28.2. The van der Waals surface area contributed by atoms with Crippen molar-refractivity contribution >= 4 is 22.6 Å². The third kappa shape index (κ3) is 3.61. The van der Waals surface area contributed by atoms with Crippen molar-refractivity contribution in [2.24, 2.45) is 18.9 Å². The second-order valence-electron chi connectivity index (χ2n) is 9.25. The monoisotopic (exact) mass is 433 g/mol. The Morgan fingerprint density at radius 2 is 1.84 bits per heavy atom. The molecular weight excluding hydrogens is 402 g/mol. The highest BCUT2D eigenvalue weighted by molar-refractivity contribution is 5.96. The summed E-state index contributed by atoms with van der Waals surface area (Å²) >= 11 is 0. The Kier molecular flexibility index (Phi) is 5.53. The van der Waals surface area contributed by atoms with Gasteiger partial charge in [0.2, 0.25) is 5.91 Å². The molecular formula is C26H31N3O3. The summed E-state index contributed by atoms with van der Waals surface area (Å²) in [6.45, 7) is 1.51. The molecule has 1 aliphatic carbocycles. The number of methoxy groups -OCH3 is 1. The molecule has 1 fully saturated rings. The number of fused-ring (bicyclic) bond motifs is 2. The van der Waals surface area contributed by atoms with E-state index in [9.17, 15) is 9.59 Å². The van der Waals surface area contributed by atoms with Crippen LogP contribution in [0, 0.1) is 11.8 Å². The van der Waals surface area contributed by atoms with Gasteiger partial charge in [-0.2, -0.15) is 0 Å². The molecule has 0 bridgehead atoms. The van der Waals surface area contributed by atoms with E-state index in [1.807, 2.05) is 40.8 Å². The number of hydrogen-bond acceptors (Lipinski definition) is 3. The Hall–Kier alpha value is -3.02. The number of nitrogens with zero attached hydrogens (tertiary/aromatic N) is 3. The van der Waals surface area contributed by atoms with Gasteiger partial charge in [-0.25, -0.2) is 4.79 Å². The number of carbonyl (C=O) groups is 1. The van der Waals surface area contributed by atoms with E-state index in [0.29, 0.717) is 12.5 Å². The van der Waals surface area contributed by atoms with Crippen LogP contribution < -0.4 is 15.3 Å². The van der Waals surface area contributed by atoms with Crippen LogP contribution in [0.3, 0.4) is 0 Å². The van der Waals surface area contributed by atoms with Gasteiger partial charge in [0.1, 0.15) is 5.75 Å². The van der Waals surface area contributed by atoms with Crippen LogP contribution in [0.4, 0.5) is 5.69 Å². The first-order valence-corrected chi connectivity index (χ1v) is 11.7. The molecule has 0 atom stereocenters. The van der Waals surface area contributed by atoms with E-state index in [4.69, 9.17) is 4.74 Å². The van der Waals surface area contributed by atoms with Crippen molar-refractivity contribution in [2.75, 3.05) is 18.6 Å². The molecule has 3 aromatic rings. The Bertz CT molecular complexity index is 1200. The maximum Gasteiger partial charge on any atom is 0.328 e. The number of imidazole rings is 1. The summed E-state index contributed by atoms with van der Waals surface area (Å²) in [7, 11) is 3.46. The Morgan fingerprint density at radius 3 is 2.62 bits per heavy atom. The van der Waals surface area contributed by atoms with Gasteiger partial charge in [0.05, 0.1) is 18.1 Å². The summed E-state index contributed by atoms with van der Waals surface area (Å²) in [5, 5.41) is 0. The van der Waals surface area contributed by atoms with Gasteiger partial charge < -0.3 is 9.64 Å². The number of hydrogen-bond donors (Lipinski definition) is 0. The zero-order valence-corrected chi connectivity index (χ0v) is 18.9. The molecule has 2 aromatic carbocycles.